The summed E-state index contributed by atoms with van der Waals surface area (Å²) in [6.07, 6.45) is 0. The third kappa shape index (κ3) is 3.32. The molecule has 1 N–H and O–H groups in total. The molecular weight excluding hydrogens is 367 g/mol. The van der Waals surface area contributed by atoms with Crippen LogP contribution in [0, 0.1) is 0 Å². The van der Waals surface area contributed by atoms with Gasteiger partial charge in [-0.05, 0) is 52.0 Å². The molecule has 0 amide bonds. The zero-order valence-electron chi connectivity index (χ0n) is 12.0. The molecule has 0 unspecified atom stereocenters. The van der Waals surface area contributed by atoms with Gasteiger partial charge in [-0.1, -0.05) is 71.2 Å². The Kier molecular flexibility index (Phi) is 4.81. The smallest absolute Gasteiger partial charge is 0.285 e. The zero-order chi connectivity index (χ0) is 16.4. The second-order valence-electron chi connectivity index (χ2n) is 5.23. The average molecular weight is 380 g/mol. The Labute approximate surface area is 151 Å². The minimum Gasteiger partial charge on any atom is -0.421 e. The van der Waals surface area contributed by atoms with Gasteiger partial charge in [0.05, 0.1) is 0 Å². The maximum Gasteiger partial charge on any atom is 0.285 e. The minimum atomic E-state index is -3.12. The lowest BCUT2D eigenvalue weighted by Crippen LogP contribution is -2.67. The quantitative estimate of drug-likeness (QED) is 0.544. The van der Waals surface area contributed by atoms with Gasteiger partial charge in [-0.15, -0.1) is 0 Å². The van der Waals surface area contributed by atoms with Crippen LogP contribution in [0.15, 0.2) is 72.8 Å². The Bertz CT molecular complexity index is 688. The molecule has 3 aromatic rings. The Morgan fingerprint density at radius 3 is 0.913 bits per heavy atom. The molecule has 0 saturated heterocycles. The van der Waals surface area contributed by atoms with Crippen molar-refractivity contribution in [2.45, 2.75) is 0 Å². The van der Waals surface area contributed by atoms with Crippen LogP contribution < -0.4 is 15.6 Å². The van der Waals surface area contributed by atoms with E-state index in [1.807, 2.05) is 36.4 Å². The molecule has 0 aromatic heterocycles. The third-order valence-corrected chi connectivity index (χ3v) is 8.05. The lowest BCUT2D eigenvalue weighted by Gasteiger charge is -2.27. The number of hydrogen-bond acceptors (Lipinski definition) is 1. The highest BCUT2D eigenvalue weighted by Crippen LogP contribution is 2.13. The van der Waals surface area contributed by atoms with Gasteiger partial charge in [0.15, 0.2) is 0 Å². The fourth-order valence-corrected chi connectivity index (χ4v) is 5.90. The lowest BCUT2D eigenvalue weighted by atomic mass is 10.3. The van der Waals surface area contributed by atoms with Crippen LogP contribution in [0.25, 0.3) is 0 Å². The van der Waals surface area contributed by atoms with Crippen LogP contribution in [-0.2, 0) is 0 Å². The first-order valence-electron chi connectivity index (χ1n) is 7.00. The van der Waals surface area contributed by atoms with Gasteiger partial charge in [-0.25, -0.2) is 0 Å². The molecule has 0 atom stereocenters. The first kappa shape index (κ1) is 16.6. The fraction of sp³-hybridized carbons (Fsp3) is 0. The molecule has 23 heavy (non-hydrogen) atoms. The van der Waals surface area contributed by atoms with Gasteiger partial charge in [-0.3, -0.25) is 0 Å². The summed E-state index contributed by atoms with van der Waals surface area (Å²) >= 11 is 18.0. The Hall–Kier alpha value is -1.29. The van der Waals surface area contributed by atoms with Crippen LogP contribution in [0.4, 0.5) is 0 Å². The maximum absolute atomic E-state index is 11.7. The molecule has 0 aliphatic carbocycles. The largest absolute Gasteiger partial charge is 0.421 e. The van der Waals surface area contributed by atoms with E-state index in [4.69, 9.17) is 34.8 Å². The first-order chi connectivity index (χ1) is 11.0. The fourth-order valence-electron chi connectivity index (χ4n) is 2.57. The van der Waals surface area contributed by atoms with E-state index in [0.29, 0.717) is 15.1 Å². The van der Waals surface area contributed by atoms with E-state index in [2.05, 4.69) is 0 Å². The van der Waals surface area contributed by atoms with Crippen molar-refractivity contribution < 1.29 is 4.80 Å². The van der Waals surface area contributed by atoms with Crippen LogP contribution in [0.2, 0.25) is 15.1 Å². The first-order valence-corrected chi connectivity index (χ1v) is 10.1. The van der Waals surface area contributed by atoms with E-state index in [9.17, 15) is 4.80 Å². The summed E-state index contributed by atoms with van der Waals surface area (Å²) in [5, 5.41) is 4.47. The topological polar surface area (TPSA) is 20.2 Å². The predicted octanol–water partition coefficient (Wildman–Crippen LogP) is 3.61. The van der Waals surface area contributed by atoms with Gasteiger partial charge in [-0.2, -0.15) is 0 Å². The Morgan fingerprint density at radius 2 is 0.696 bits per heavy atom. The van der Waals surface area contributed by atoms with E-state index < -0.39 is 8.32 Å². The highest BCUT2D eigenvalue weighted by atomic mass is 35.5. The monoisotopic (exact) mass is 378 g/mol. The van der Waals surface area contributed by atoms with Crippen molar-refractivity contribution in [3.63, 3.8) is 0 Å². The second-order valence-corrected chi connectivity index (χ2v) is 9.69. The van der Waals surface area contributed by atoms with Gasteiger partial charge >= 0.3 is 0 Å². The maximum atomic E-state index is 11.7. The molecule has 0 saturated carbocycles. The standard InChI is InChI=1S/C18H13Cl3OSi/c19-13-1-7-16(8-2-13)23(22,17-9-3-14(20)4-10-17)18-11-5-15(21)6-12-18/h1-12,22H. The van der Waals surface area contributed by atoms with E-state index in [-0.39, 0.29) is 0 Å². The molecule has 3 aromatic carbocycles. The van der Waals surface area contributed by atoms with Crippen molar-refractivity contribution in [2.75, 3.05) is 0 Å². The molecule has 0 spiro atoms. The molecule has 116 valence electrons. The van der Waals surface area contributed by atoms with Crippen LogP contribution in [0.3, 0.4) is 0 Å². The van der Waals surface area contributed by atoms with E-state index in [1.165, 1.54) is 0 Å². The normalized spacial score (nSPS) is 11.5. The van der Waals surface area contributed by atoms with Gasteiger partial charge in [0.25, 0.3) is 8.32 Å². The summed E-state index contributed by atoms with van der Waals surface area (Å²) in [6, 6.07) is 22.0. The minimum absolute atomic E-state index is 0.636. The molecular formula is C18H13Cl3OSi. The average Bonchev–Trinajstić information content (AvgIpc) is 2.56. The molecule has 0 fully saturated rings. The van der Waals surface area contributed by atoms with E-state index in [0.717, 1.165) is 15.6 Å². The van der Waals surface area contributed by atoms with Gasteiger partial charge < -0.3 is 4.80 Å². The third-order valence-electron chi connectivity index (χ3n) is 3.79. The number of rotatable bonds is 3. The summed E-state index contributed by atoms with van der Waals surface area (Å²) in [6.45, 7) is 0. The van der Waals surface area contributed by atoms with Crippen molar-refractivity contribution in [1.82, 2.24) is 0 Å². The summed E-state index contributed by atoms with van der Waals surface area (Å²) in [4.78, 5) is 11.7. The van der Waals surface area contributed by atoms with Crippen molar-refractivity contribution in [1.29, 1.82) is 0 Å². The van der Waals surface area contributed by atoms with Gasteiger partial charge in [0.2, 0.25) is 0 Å². The molecule has 3 rings (SSSR count). The van der Waals surface area contributed by atoms with E-state index >= 15 is 0 Å². The summed E-state index contributed by atoms with van der Waals surface area (Å²) in [7, 11) is -3.12. The highest BCUT2D eigenvalue weighted by Gasteiger charge is 2.38. The van der Waals surface area contributed by atoms with Crippen LogP contribution in [0.1, 0.15) is 0 Å². The van der Waals surface area contributed by atoms with Crippen LogP contribution in [0.5, 0.6) is 0 Å². The summed E-state index contributed by atoms with van der Waals surface area (Å²) in [5.74, 6) is 0. The Morgan fingerprint density at radius 1 is 0.478 bits per heavy atom. The van der Waals surface area contributed by atoms with E-state index in [1.54, 1.807) is 36.4 Å². The van der Waals surface area contributed by atoms with Crippen molar-refractivity contribution in [3.05, 3.63) is 87.9 Å². The number of halogens is 3. The number of hydrogen-bond donors (Lipinski definition) is 1. The molecule has 0 radical (unpaired) electrons. The van der Waals surface area contributed by atoms with Crippen molar-refractivity contribution in [3.8, 4) is 0 Å². The Balaban J connectivity index is 2.21. The molecule has 1 nitrogen and oxygen atoms in total. The molecule has 5 heteroatoms. The molecule has 0 aliphatic heterocycles. The predicted molar refractivity (Wildman–Crippen MR) is 101 cm³/mol. The summed E-state index contributed by atoms with van der Waals surface area (Å²) in [5.41, 5.74) is 0. The van der Waals surface area contributed by atoms with Crippen molar-refractivity contribution >= 4 is 58.7 Å². The molecule has 0 aliphatic rings. The zero-order valence-corrected chi connectivity index (χ0v) is 15.3. The highest BCUT2D eigenvalue weighted by molar-refractivity contribution is 7.06. The molecule has 0 bridgehead atoms. The van der Waals surface area contributed by atoms with Crippen molar-refractivity contribution in [2.24, 2.45) is 0 Å². The number of benzene rings is 3. The lowest BCUT2D eigenvalue weighted by molar-refractivity contribution is 0.583. The van der Waals surface area contributed by atoms with Gasteiger partial charge in [0.1, 0.15) is 0 Å². The van der Waals surface area contributed by atoms with Crippen LogP contribution >= 0.6 is 34.8 Å². The molecule has 0 heterocycles. The SMILES string of the molecule is O[Si](c1ccc(Cl)cc1)(c1ccc(Cl)cc1)c1ccc(Cl)cc1. The summed E-state index contributed by atoms with van der Waals surface area (Å²) < 4.78 is 0. The van der Waals surface area contributed by atoms with Gasteiger partial charge in [0, 0.05) is 15.1 Å². The second kappa shape index (κ2) is 6.68. The van der Waals surface area contributed by atoms with Crippen LogP contribution in [-0.4, -0.2) is 13.1 Å².